The van der Waals surface area contributed by atoms with E-state index in [-0.39, 0.29) is 0 Å². The minimum atomic E-state index is 0.821. The average Bonchev–Trinajstić information content (AvgIpc) is 2.76. The highest BCUT2D eigenvalue weighted by Gasteiger charge is 2.06. The highest BCUT2D eigenvalue weighted by Crippen LogP contribution is 2.31. The topological polar surface area (TPSA) is 38.9 Å². The fourth-order valence-electron chi connectivity index (χ4n) is 1.77. The zero-order valence-corrected chi connectivity index (χ0v) is 10.3. The first-order valence-corrected chi connectivity index (χ1v) is 6.28. The van der Waals surface area contributed by atoms with E-state index < -0.39 is 0 Å². The van der Waals surface area contributed by atoms with E-state index in [1.54, 1.807) is 11.3 Å². The van der Waals surface area contributed by atoms with E-state index in [2.05, 4.69) is 17.1 Å². The van der Waals surface area contributed by atoms with Gasteiger partial charge in [0.15, 0.2) is 0 Å². The molecular formula is C14H12N2S. The molecule has 17 heavy (non-hydrogen) atoms. The van der Waals surface area contributed by atoms with Crippen LogP contribution in [-0.4, -0.2) is 4.98 Å². The fraction of sp³-hybridized carbons (Fsp3) is 0.0714. The molecule has 0 aliphatic carbocycles. The smallest absolute Gasteiger partial charge is 0.124 e. The molecule has 0 unspecified atom stereocenters. The van der Waals surface area contributed by atoms with Gasteiger partial charge in [0.2, 0.25) is 0 Å². The Bertz CT molecular complexity index is 653. The van der Waals surface area contributed by atoms with Gasteiger partial charge in [-0.25, -0.2) is 4.98 Å². The van der Waals surface area contributed by atoms with Crippen molar-refractivity contribution in [2.45, 2.75) is 6.92 Å². The number of para-hydroxylation sites is 1. The van der Waals surface area contributed by atoms with Crippen LogP contribution in [-0.2, 0) is 0 Å². The third-order valence-electron chi connectivity index (χ3n) is 2.82. The lowest BCUT2D eigenvalue weighted by atomic mass is 10.1. The number of nitrogens with zero attached hydrogens (tertiary/aromatic N) is 1. The van der Waals surface area contributed by atoms with Gasteiger partial charge in [0.1, 0.15) is 5.01 Å². The Morgan fingerprint density at radius 3 is 2.71 bits per heavy atom. The lowest BCUT2D eigenvalue weighted by Crippen LogP contribution is -1.89. The summed E-state index contributed by atoms with van der Waals surface area (Å²) in [5, 5.41) is 1.03. The van der Waals surface area contributed by atoms with Gasteiger partial charge < -0.3 is 5.73 Å². The number of anilines is 1. The summed E-state index contributed by atoms with van der Waals surface area (Å²) in [6, 6.07) is 14.3. The van der Waals surface area contributed by atoms with Crippen molar-refractivity contribution in [1.29, 1.82) is 0 Å². The summed E-state index contributed by atoms with van der Waals surface area (Å²) < 4.78 is 1.21. The van der Waals surface area contributed by atoms with E-state index in [0.29, 0.717) is 0 Å². The van der Waals surface area contributed by atoms with Gasteiger partial charge in [0.25, 0.3) is 0 Å². The molecule has 0 atom stereocenters. The van der Waals surface area contributed by atoms with Crippen molar-refractivity contribution in [3.8, 4) is 10.6 Å². The van der Waals surface area contributed by atoms with E-state index >= 15 is 0 Å². The van der Waals surface area contributed by atoms with Crippen LogP contribution in [0.1, 0.15) is 5.56 Å². The lowest BCUT2D eigenvalue weighted by Gasteiger charge is -2.01. The standard InChI is InChI=1S/C14H12N2S/c1-9-6-7-10(8-11(9)15)14-16-12-4-2-3-5-13(12)17-14/h2-8H,15H2,1H3. The van der Waals surface area contributed by atoms with E-state index in [4.69, 9.17) is 5.73 Å². The molecule has 2 nitrogen and oxygen atoms in total. The minimum Gasteiger partial charge on any atom is -0.398 e. The molecule has 2 N–H and O–H groups in total. The van der Waals surface area contributed by atoms with Crippen LogP contribution < -0.4 is 5.73 Å². The molecule has 1 heterocycles. The molecule has 2 aromatic carbocycles. The van der Waals surface area contributed by atoms with Crippen molar-refractivity contribution >= 4 is 27.2 Å². The van der Waals surface area contributed by atoms with Crippen LogP contribution in [0, 0.1) is 6.92 Å². The number of benzene rings is 2. The van der Waals surface area contributed by atoms with Crippen molar-refractivity contribution in [2.24, 2.45) is 0 Å². The maximum atomic E-state index is 5.93. The number of fused-ring (bicyclic) bond motifs is 1. The van der Waals surface area contributed by atoms with E-state index in [9.17, 15) is 0 Å². The zero-order chi connectivity index (χ0) is 11.8. The van der Waals surface area contributed by atoms with E-state index in [1.807, 2.05) is 37.3 Å². The predicted molar refractivity (Wildman–Crippen MR) is 74.2 cm³/mol. The number of nitrogen functional groups attached to an aromatic ring is 1. The Hall–Kier alpha value is -1.87. The molecule has 3 rings (SSSR count). The van der Waals surface area contributed by atoms with Gasteiger partial charge in [-0.1, -0.05) is 24.3 Å². The molecule has 1 aromatic heterocycles. The summed E-state index contributed by atoms with van der Waals surface area (Å²) >= 11 is 1.70. The molecule has 0 aliphatic rings. The second kappa shape index (κ2) is 3.86. The van der Waals surface area contributed by atoms with Crippen molar-refractivity contribution in [3.63, 3.8) is 0 Å². The van der Waals surface area contributed by atoms with E-state index in [0.717, 1.165) is 27.3 Å². The van der Waals surface area contributed by atoms with Crippen LogP contribution in [0.2, 0.25) is 0 Å². The van der Waals surface area contributed by atoms with Crippen LogP contribution in [0.3, 0.4) is 0 Å². The Labute approximate surface area is 104 Å². The summed E-state index contributed by atoms with van der Waals surface area (Å²) in [4.78, 5) is 4.62. The quantitative estimate of drug-likeness (QED) is 0.656. The van der Waals surface area contributed by atoms with Crippen LogP contribution >= 0.6 is 11.3 Å². The predicted octanol–water partition coefficient (Wildman–Crippen LogP) is 3.85. The number of hydrogen-bond acceptors (Lipinski definition) is 3. The van der Waals surface area contributed by atoms with Crippen molar-refractivity contribution in [1.82, 2.24) is 4.98 Å². The molecule has 0 saturated heterocycles. The molecule has 84 valence electrons. The molecule has 0 fully saturated rings. The lowest BCUT2D eigenvalue weighted by molar-refractivity contribution is 1.44. The first kappa shape index (κ1) is 10.3. The van der Waals surface area contributed by atoms with Crippen LogP contribution in [0.15, 0.2) is 42.5 Å². The molecule has 0 amide bonds. The van der Waals surface area contributed by atoms with Gasteiger partial charge in [0, 0.05) is 11.3 Å². The maximum Gasteiger partial charge on any atom is 0.124 e. The number of aryl methyl sites for hydroxylation is 1. The number of nitrogens with two attached hydrogens (primary N) is 1. The fourth-order valence-corrected chi connectivity index (χ4v) is 2.73. The molecular weight excluding hydrogens is 228 g/mol. The number of aromatic nitrogens is 1. The summed E-state index contributed by atoms with van der Waals surface area (Å²) in [7, 11) is 0. The molecule has 3 aromatic rings. The minimum absolute atomic E-state index is 0.821. The monoisotopic (exact) mass is 240 g/mol. The van der Waals surface area contributed by atoms with E-state index in [1.165, 1.54) is 4.70 Å². The molecule has 0 aliphatic heterocycles. The Kier molecular flexibility index (Phi) is 2.34. The summed E-state index contributed by atoms with van der Waals surface area (Å²) in [6.45, 7) is 2.01. The van der Waals surface area contributed by atoms with Crippen LogP contribution in [0.25, 0.3) is 20.8 Å². The van der Waals surface area contributed by atoms with Gasteiger partial charge in [-0.2, -0.15) is 0 Å². The van der Waals surface area contributed by atoms with Gasteiger partial charge in [-0.3, -0.25) is 0 Å². The first-order valence-electron chi connectivity index (χ1n) is 5.46. The highest BCUT2D eigenvalue weighted by molar-refractivity contribution is 7.21. The second-order valence-corrected chi connectivity index (χ2v) is 5.09. The van der Waals surface area contributed by atoms with Crippen molar-refractivity contribution in [3.05, 3.63) is 48.0 Å². The number of thiazole rings is 1. The number of hydrogen-bond donors (Lipinski definition) is 1. The number of rotatable bonds is 1. The Morgan fingerprint density at radius 1 is 1.12 bits per heavy atom. The summed E-state index contributed by atoms with van der Waals surface area (Å²) in [5.74, 6) is 0. The van der Waals surface area contributed by atoms with Gasteiger partial charge >= 0.3 is 0 Å². The van der Waals surface area contributed by atoms with Crippen molar-refractivity contribution < 1.29 is 0 Å². The summed E-state index contributed by atoms with van der Waals surface area (Å²) in [6.07, 6.45) is 0. The summed E-state index contributed by atoms with van der Waals surface area (Å²) in [5.41, 5.74) is 10.00. The van der Waals surface area contributed by atoms with Crippen molar-refractivity contribution in [2.75, 3.05) is 5.73 Å². The molecule has 0 bridgehead atoms. The van der Waals surface area contributed by atoms with Crippen LogP contribution in [0.5, 0.6) is 0 Å². The third kappa shape index (κ3) is 1.78. The van der Waals surface area contributed by atoms with Gasteiger partial charge in [-0.15, -0.1) is 11.3 Å². The third-order valence-corrected chi connectivity index (χ3v) is 3.91. The molecule has 0 radical (unpaired) electrons. The Balaban J connectivity index is 2.17. The molecule has 0 saturated carbocycles. The largest absolute Gasteiger partial charge is 0.398 e. The average molecular weight is 240 g/mol. The SMILES string of the molecule is Cc1ccc(-c2nc3ccccc3s2)cc1N. The molecule has 0 spiro atoms. The second-order valence-electron chi connectivity index (χ2n) is 4.06. The maximum absolute atomic E-state index is 5.93. The van der Waals surface area contributed by atoms with Crippen LogP contribution in [0.4, 0.5) is 5.69 Å². The zero-order valence-electron chi connectivity index (χ0n) is 9.47. The Morgan fingerprint density at radius 2 is 1.94 bits per heavy atom. The first-order chi connectivity index (χ1) is 8.24. The molecule has 3 heteroatoms. The van der Waals surface area contributed by atoms with Gasteiger partial charge in [0.05, 0.1) is 10.2 Å². The highest BCUT2D eigenvalue weighted by atomic mass is 32.1. The van der Waals surface area contributed by atoms with Gasteiger partial charge in [-0.05, 0) is 30.7 Å². The normalized spacial score (nSPS) is 10.9.